The van der Waals surface area contributed by atoms with Crippen molar-refractivity contribution >= 4 is 77.8 Å². The molecule has 0 unspecified atom stereocenters. The Morgan fingerprint density at radius 2 is 0.735 bits per heavy atom. The molecule has 3 heterocycles. The van der Waals surface area contributed by atoms with Crippen LogP contribution in [0.25, 0.3) is 82.5 Å². The van der Waals surface area contributed by atoms with Crippen molar-refractivity contribution in [3.63, 3.8) is 0 Å². The molecule has 0 saturated carbocycles. The number of aromatic nitrogens is 3. The van der Waals surface area contributed by atoms with Crippen LogP contribution in [0.3, 0.4) is 0 Å². The fraction of sp³-hybridized carbons (Fsp3) is 0. The lowest BCUT2D eigenvalue weighted by Crippen LogP contribution is -2.07. The van der Waals surface area contributed by atoms with Crippen molar-refractivity contribution in [3.05, 3.63) is 163 Å². The van der Waals surface area contributed by atoms with Crippen molar-refractivity contribution in [2.45, 2.75) is 0 Å². The molecule has 0 atom stereocenters. The molecule has 0 amide bonds. The van der Waals surface area contributed by atoms with Crippen LogP contribution in [0.1, 0.15) is 11.1 Å². The maximum atomic E-state index is 8.92. The Morgan fingerprint density at radius 3 is 1.20 bits per heavy atom. The second kappa shape index (κ2) is 10.4. The molecule has 0 spiro atoms. The third-order valence-corrected chi connectivity index (χ3v) is 10.0. The zero-order valence-electron chi connectivity index (χ0n) is 26.4. The van der Waals surface area contributed by atoms with Gasteiger partial charge < -0.3 is 24.5 Å². The number of rotatable bonds is 5. The van der Waals surface area contributed by atoms with Crippen LogP contribution in [0.2, 0.25) is 0 Å². The van der Waals surface area contributed by atoms with Crippen molar-refractivity contribution in [3.8, 4) is 17.1 Å². The van der Waals surface area contributed by atoms with Crippen molar-refractivity contribution in [1.29, 1.82) is 10.8 Å². The molecular weight excluding hydrogens is 599 g/mol. The highest BCUT2D eigenvalue weighted by molar-refractivity contribution is 6.19. The molecule has 0 aliphatic carbocycles. The van der Waals surface area contributed by atoms with Crippen molar-refractivity contribution in [2.24, 2.45) is 0 Å². The molecule has 0 radical (unpaired) electrons. The van der Waals surface area contributed by atoms with Gasteiger partial charge in [-0.1, -0.05) is 91.0 Å². The fourth-order valence-electron chi connectivity index (χ4n) is 7.97. The second-order valence-corrected chi connectivity index (χ2v) is 12.6. The minimum atomic E-state index is 0.769. The monoisotopic (exact) mass is 627 g/mol. The van der Waals surface area contributed by atoms with Crippen LogP contribution in [0.5, 0.6) is 0 Å². The summed E-state index contributed by atoms with van der Waals surface area (Å²) >= 11 is 0. The highest BCUT2D eigenvalue weighted by Crippen LogP contribution is 2.41. The first-order valence-electron chi connectivity index (χ1n) is 16.4. The summed E-state index contributed by atoms with van der Waals surface area (Å²) in [6, 6.07) is 53.3. The lowest BCUT2D eigenvalue weighted by atomic mass is 10.1. The number of benzene rings is 7. The van der Waals surface area contributed by atoms with Gasteiger partial charge in [-0.05, 0) is 66.2 Å². The summed E-state index contributed by atoms with van der Waals surface area (Å²) in [7, 11) is 0. The van der Waals surface area contributed by atoms with Gasteiger partial charge in [0.15, 0.2) is 0 Å². The van der Waals surface area contributed by atoms with E-state index in [4.69, 9.17) is 10.8 Å². The largest absolute Gasteiger partial charge is 0.309 e. The van der Waals surface area contributed by atoms with Gasteiger partial charge in [0.25, 0.3) is 0 Å². The van der Waals surface area contributed by atoms with E-state index in [1.54, 1.807) is 0 Å². The fourth-order valence-corrected chi connectivity index (χ4v) is 7.97. The molecule has 0 saturated heterocycles. The Morgan fingerprint density at radius 1 is 0.347 bits per heavy atom. The first-order chi connectivity index (χ1) is 24.2. The third-order valence-electron chi connectivity index (χ3n) is 10.0. The van der Waals surface area contributed by atoms with E-state index >= 15 is 0 Å². The average molecular weight is 628 g/mol. The molecule has 10 rings (SSSR count). The molecule has 7 aromatic carbocycles. The van der Waals surface area contributed by atoms with Crippen LogP contribution in [-0.2, 0) is 0 Å². The van der Waals surface area contributed by atoms with E-state index in [1.807, 2.05) is 12.1 Å². The Kier molecular flexibility index (Phi) is 5.81. The van der Waals surface area contributed by atoms with Crippen molar-refractivity contribution < 1.29 is 0 Å². The maximum Gasteiger partial charge on any atom is 0.0577 e. The summed E-state index contributed by atoms with van der Waals surface area (Å²) in [5.74, 6) is 0. The Balaban J connectivity index is 1.36. The van der Waals surface area contributed by atoms with Gasteiger partial charge in [0, 0.05) is 56.0 Å². The molecule has 10 aromatic rings. The minimum Gasteiger partial charge on any atom is -0.309 e. The van der Waals surface area contributed by atoms with Gasteiger partial charge >= 0.3 is 0 Å². The van der Waals surface area contributed by atoms with Gasteiger partial charge in [-0.3, -0.25) is 0 Å². The van der Waals surface area contributed by atoms with E-state index in [2.05, 4.69) is 153 Å². The first-order valence-corrected chi connectivity index (χ1v) is 16.4. The van der Waals surface area contributed by atoms with Gasteiger partial charge in [0.2, 0.25) is 0 Å². The molecule has 0 aliphatic rings. The van der Waals surface area contributed by atoms with Gasteiger partial charge in [0.05, 0.1) is 44.5 Å². The topological polar surface area (TPSA) is 62.5 Å². The summed E-state index contributed by atoms with van der Waals surface area (Å²) in [6.07, 6.45) is 2.89. The zero-order chi connectivity index (χ0) is 32.6. The van der Waals surface area contributed by atoms with Crippen LogP contribution < -0.4 is 0 Å². The zero-order valence-corrected chi connectivity index (χ0v) is 26.4. The summed E-state index contributed by atoms with van der Waals surface area (Å²) in [4.78, 5) is 0. The predicted octanol–water partition coefficient (Wildman–Crippen LogP) is 11.0. The van der Waals surface area contributed by atoms with Gasteiger partial charge in [0.1, 0.15) is 0 Å². The summed E-state index contributed by atoms with van der Waals surface area (Å²) in [6.45, 7) is 0. The molecule has 0 aliphatic heterocycles. The smallest absolute Gasteiger partial charge is 0.0577 e. The average Bonchev–Trinajstić information content (AvgIpc) is 3.79. The minimum absolute atomic E-state index is 0.769. The number of hydrogen-bond acceptors (Lipinski definition) is 2. The van der Waals surface area contributed by atoms with E-state index in [9.17, 15) is 0 Å². The van der Waals surface area contributed by atoms with E-state index in [-0.39, 0.29) is 0 Å². The van der Waals surface area contributed by atoms with Crippen molar-refractivity contribution in [1.82, 2.24) is 13.7 Å². The van der Waals surface area contributed by atoms with E-state index in [0.717, 1.165) is 82.8 Å². The van der Waals surface area contributed by atoms with Gasteiger partial charge in [-0.15, -0.1) is 0 Å². The summed E-state index contributed by atoms with van der Waals surface area (Å²) < 4.78 is 6.90. The van der Waals surface area contributed by atoms with Crippen LogP contribution in [0, 0.1) is 10.8 Å². The molecule has 0 bridgehead atoms. The molecule has 0 fully saturated rings. The van der Waals surface area contributed by atoms with Gasteiger partial charge in [-0.25, -0.2) is 0 Å². The molecule has 2 N–H and O–H groups in total. The van der Waals surface area contributed by atoms with Gasteiger partial charge in [-0.2, -0.15) is 0 Å². The van der Waals surface area contributed by atoms with Crippen LogP contribution in [-0.4, -0.2) is 26.1 Å². The van der Waals surface area contributed by atoms with E-state index < -0.39 is 0 Å². The van der Waals surface area contributed by atoms with E-state index in [0.29, 0.717) is 0 Å². The molecule has 5 nitrogen and oxygen atoms in total. The van der Waals surface area contributed by atoms with Crippen molar-refractivity contribution in [2.75, 3.05) is 0 Å². The third kappa shape index (κ3) is 3.81. The Labute approximate surface area is 281 Å². The van der Waals surface area contributed by atoms with E-state index in [1.165, 1.54) is 23.2 Å². The normalized spacial score (nSPS) is 11.8. The summed E-state index contributed by atoms with van der Waals surface area (Å²) in [5, 5.41) is 24.3. The summed E-state index contributed by atoms with van der Waals surface area (Å²) in [5.41, 5.74) is 11.0. The highest BCUT2D eigenvalue weighted by Gasteiger charge is 2.22. The molecule has 49 heavy (non-hydrogen) atoms. The quantitative estimate of drug-likeness (QED) is 0.178. The van der Waals surface area contributed by atoms with Crippen LogP contribution in [0.15, 0.2) is 152 Å². The lowest BCUT2D eigenvalue weighted by molar-refractivity contribution is 1.12. The number of para-hydroxylation sites is 5. The van der Waals surface area contributed by atoms with Crippen LogP contribution >= 0.6 is 0 Å². The Hall–Kier alpha value is -6.72. The molecule has 5 heteroatoms. The maximum absolute atomic E-state index is 8.92. The standard InChI is InChI=1S/C44H29N5/c45-26-28-22-41(48-38-19-9-4-14-30(38)31-15-5-10-20-39(31)48)36(27-46)42(23-28)49-40-21-11-7-17-33(40)35-24-43-34(25-44(35)49)32-16-6-8-18-37(32)47(43)29-12-2-1-3-13-29/h1-27,45-46H. The van der Waals surface area contributed by atoms with Crippen LogP contribution in [0.4, 0.5) is 0 Å². The number of nitrogens with one attached hydrogen (secondary N) is 2. The number of fused-ring (bicyclic) bond motifs is 9. The number of hydrogen-bond donors (Lipinski definition) is 2. The number of nitrogens with zero attached hydrogens (tertiary/aromatic N) is 3. The highest BCUT2D eigenvalue weighted by atomic mass is 15.0. The predicted molar refractivity (Wildman–Crippen MR) is 205 cm³/mol. The molecular formula is C44H29N5. The lowest BCUT2D eigenvalue weighted by Gasteiger charge is -2.18. The molecule has 230 valence electrons. The molecule has 3 aromatic heterocycles. The second-order valence-electron chi connectivity index (χ2n) is 12.6. The first kappa shape index (κ1) is 27.4. The Bertz CT molecular complexity index is 2920. The SMILES string of the molecule is N=Cc1cc(-n2c3ccccc3c3ccccc32)c(C=N)c(-n2c3ccccc3c3cc4c(cc32)c2ccccc2n4-c2ccccc2)c1.